The molecule has 6 heteroatoms. The molecular formula is C14H18ClNO4. The summed E-state index contributed by atoms with van der Waals surface area (Å²) in [4.78, 5) is 22.4. The molecular weight excluding hydrogens is 282 g/mol. The molecule has 1 amide bonds. The highest BCUT2D eigenvalue weighted by Crippen LogP contribution is 2.23. The van der Waals surface area contributed by atoms with Gasteiger partial charge in [-0.25, -0.2) is 4.79 Å². The smallest absolute Gasteiger partial charge is 0.328 e. The molecule has 1 aromatic rings. The van der Waals surface area contributed by atoms with Crippen LogP contribution in [0.3, 0.4) is 0 Å². The lowest BCUT2D eigenvalue weighted by Crippen LogP contribution is -2.49. The van der Waals surface area contributed by atoms with Gasteiger partial charge in [0.15, 0.2) is 0 Å². The van der Waals surface area contributed by atoms with Crippen molar-refractivity contribution < 1.29 is 19.4 Å². The molecule has 0 spiro atoms. The number of carbonyl (C=O) groups is 2. The van der Waals surface area contributed by atoms with Gasteiger partial charge < -0.3 is 15.2 Å². The number of aliphatic carboxylic acids is 1. The molecule has 1 rings (SSSR count). The van der Waals surface area contributed by atoms with Crippen LogP contribution in [0.5, 0.6) is 5.75 Å². The fraction of sp³-hybridized carbons (Fsp3) is 0.429. The second-order valence-corrected chi connectivity index (χ2v) is 5.27. The Labute approximate surface area is 122 Å². The molecule has 0 fully saturated rings. The van der Waals surface area contributed by atoms with E-state index in [0.717, 1.165) is 0 Å². The van der Waals surface area contributed by atoms with E-state index in [4.69, 9.17) is 21.4 Å². The number of ether oxygens (including phenoxy) is 1. The molecule has 0 radical (unpaired) electrons. The molecule has 0 aliphatic rings. The molecule has 0 saturated carbocycles. The Morgan fingerprint density at radius 1 is 1.35 bits per heavy atom. The molecule has 0 atom stereocenters. The molecule has 0 bridgehead atoms. The topological polar surface area (TPSA) is 75.6 Å². The number of rotatable bonds is 7. The highest BCUT2D eigenvalue weighted by atomic mass is 35.5. The van der Waals surface area contributed by atoms with Crippen LogP contribution in [0.15, 0.2) is 24.3 Å². The Hall–Kier alpha value is -1.75. The predicted octanol–water partition coefficient (Wildman–Crippen LogP) is 2.48. The number of carboxylic acids is 1. The standard InChI is InChI=1S/C14H18ClNO4/c1-14(2,13(18)19)16-12(17)8-5-9-20-11-7-4-3-6-10(11)15/h3-4,6-7H,5,8-9H2,1-2H3,(H,16,17)(H,18,19). The normalized spacial score (nSPS) is 10.9. The summed E-state index contributed by atoms with van der Waals surface area (Å²) < 4.78 is 5.44. The van der Waals surface area contributed by atoms with Crippen molar-refractivity contribution in [1.29, 1.82) is 0 Å². The second-order valence-electron chi connectivity index (χ2n) is 4.86. The van der Waals surface area contributed by atoms with Crippen molar-refractivity contribution in [2.45, 2.75) is 32.2 Å². The van der Waals surface area contributed by atoms with Gasteiger partial charge in [-0.1, -0.05) is 23.7 Å². The van der Waals surface area contributed by atoms with Crippen molar-refractivity contribution in [3.63, 3.8) is 0 Å². The molecule has 2 N–H and O–H groups in total. The third-order valence-electron chi connectivity index (χ3n) is 2.63. The number of nitrogens with one attached hydrogen (secondary N) is 1. The average Bonchev–Trinajstić information content (AvgIpc) is 2.35. The second kappa shape index (κ2) is 7.14. The minimum absolute atomic E-state index is 0.196. The highest BCUT2D eigenvalue weighted by Gasteiger charge is 2.28. The van der Waals surface area contributed by atoms with E-state index >= 15 is 0 Å². The van der Waals surface area contributed by atoms with E-state index in [0.29, 0.717) is 23.8 Å². The highest BCUT2D eigenvalue weighted by molar-refractivity contribution is 6.32. The van der Waals surface area contributed by atoms with Gasteiger partial charge in [0.05, 0.1) is 11.6 Å². The first kappa shape index (κ1) is 16.3. The Kier molecular flexibility index (Phi) is 5.82. The zero-order valence-electron chi connectivity index (χ0n) is 11.5. The van der Waals surface area contributed by atoms with Crippen LogP contribution in [0.25, 0.3) is 0 Å². The zero-order chi connectivity index (χ0) is 15.2. The van der Waals surface area contributed by atoms with Gasteiger partial charge in [-0.2, -0.15) is 0 Å². The maximum atomic E-state index is 11.6. The summed E-state index contributed by atoms with van der Waals surface area (Å²) in [5.74, 6) is -0.821. The van der Waals surface area contributed by atoms with Crippen LogP contribution in [0.1, 0.15) is 26.7 Å². The molecule has 110 valence electrons. The molecule has 1 aromatic carbocycles. The minimum Gasteiger partial charge on any atom is -0.492 e. The van der Waals surface area contributed by atoms with Crippen LogP contribution in [-0.2, 0) is 9.59 Å². The molecule has 5 nitrogen and oxygen atoms in total. The first-order valence-corrected chi connectivity index (χ1v) is 6.62. The van der Waals surface area contributed by atoms with Gasteiger partial charge in [0.2, 0.25) is 5.91 Å². The third kappa shape index (κ3) is 5.09. The van der Waals surface area contributed by atoms with Crippen LogP contribution in [0, 0.1) is 0 Å². The number of halogens is 1. The number of carbonyl (C=O) groups excluding carboxylic acids is 1. The van der Waals surface area contributed by atoms with E-state index in [9.17, 15) is 9.59 Å². The van der Waals surface area contributed by atoms with Gasteiger partial charge in [0.1, 0.15) is 11.3 Å². The lowest BCUT2D eigenvalue weighted by atomic mass is 10.1. The average molecular weight is 300 g/mol. The summed E-state index contributed by atoms with van der Waals surface area (Å²) in [5.41, 5.74) is -1.26. The lowest BCUT2D eigenvalue weighted by molar-refractivity contribution is -0.146. The maximum Gasteiger partial charge on any atom is 0.328 e. The van der Waals surface area contributed by atoms with Crippen molar-refractivity contribution in [3.05, 3.63) is 29.3 Å². The predicted molar refractivity (Wildman–Crippen MR) is 76.0 cm³/mol. The van der Waals surface area contributed by atoms with Gasteiger partial charge in [0, 0.05) is 6.42 Å². The first-order chi connectivity index (χ1) is 9.33. The van der Waals surface area contributed by atoms with Gasteiger partial charge in [-0.15, -0.1) is 0 Å². The molecule has 0 heterocycles. The van der Waals surface area contributed by atoms with Crippen LogP contribution < -0.4 is 10.1 Å². The largest absolute Gasteiger partial charge is 0.492 e. The van der Waals surface area contributed by atoms with E-state index in [1.807, 2.05) is 6.07 Å². The Bertz CT molecular complexity index is 488. The van der Waals surface area contributed by atoms with Gasteiger partial charge in [-0.05, 0) is 32.4 Å². The number of benzene rings is 1. The summed E-state index contributed by atoms with van der Waals surface area (Å²) in [7, 11) is 0. The Balaban J connectivity index is 2.30. The number of hydrogen-bond acceptors (Lipinski definition) is 3. The van der Waals surface area contributed by atoms with E-state index < -0.39 is 11.5 Å². The maximum absolute atomic E-state index is 11.6. The zero-order valence-corrected chi connectivity index (χ0v) is 12.2. The quantitative estimate of drug-likeness (QED) is 0.758. The lowest BCUT2D eigenvalue weighted by Gasteiger charge is -2.20. The number of carboxylic acid groups (broad SMARTS) is 1. The Morgan fingerprint density at radius 2 is 2.00 bits per heavy atom. The van der Waals surface area contributed by atoms with Crippen LogP contribution in [0.4, 0.5) is 0 Å². The fourth-order valence-corrected chi connectivity index (χ4v) is 1.63. The molecule has 0 aromatic heterocycles. The third-order valence-corrected chi connectivity index (χ3v) is 2.94. The van der Waals surface area contributed by atoms with Crippen molar-refractivity contribution in [1.82, 2.24) is 5.32 Å². The molecule has 0 aliphatic carbocycles. The monoisotopic (exact) mass is 299 g/mol. The summed E-state index contributed by atoms with van der Waals surface area (Å²) >= 11 is 5.92. The van der Waals surface area contributed by atoms with Crippen LogP contribution in [-0.4, -0.2) is 29.1 Å². The van der Waals surface area contributed by atoms with Gasteiger partial charge in [0.25, 0.3) is 0 Å². The Morgan fingerprint density at radius 3 is 2.60 bits per heavy atom. The summed E-state index contributed by atoms with van der Waals surface area (Å²) in [6.45, 7) is 3.21. The van der Waals surface area contributed by atoms with Crippen molar-refractivity contribution in [3.8, 4) is 5.75 Å². The van der Waals surface area contributed by atoms with Crippen molar-refractivity contribution in [2.75, 3.05) is 6.61 Å². The summed E-state index contributed by atoms with van der Waals surface area (Å²) in [6, 6.07) is 7.08. The molecule has 0 saturated heterocycles. The summed E-state index contributed by atoms with van der Waals surface area (Å²) in [5, 5.41) is 11.9. The number of hydrogen-bond donors (Lipinski definition) is 2. The SMILES string of the molecule is CC(C)(NC(=O)CCCOc1ccccc1Cl)C(=O)O. The molecule has 0 unspecified atom stereocenters. The van der Waals surface area contributed by atoms with Crippen LogP contribution in [0.2, 0.25) is 5.02 Å². The van der Waals surface area contributed by atoms with Crippen LogP contribution >= 0.6 is 11.6 Å². The van der Waals surface area contributed by atoms with E-state index in [-0.39, 0.29) is 12.3 Å². The van der Waals surface area contributed by atoms with Gasteiger partial charge >= 0.3 is 5.97 Å². The van der Waals surface area contributed by atoms with E-state index in [1.165, 1.54) is 13.8 Å². The van der Waals surface area contributed by atoms with Gasteiger partial charge in [-0.3, -0.25) is 4.79 Å². The summed E-state index contributed by atoms with van der Waals surface area (Å²) in [6.07, 6.45) is 0.675. The van der Waals surface area contributed by atoms with Crippen molar-refractivity contribution in [2.24, 2.45) is 0 Å². The van der Waals surface area contributed by atoms with E-state index in [2.05, 4.69) is 5.32 Å². The molecule has 0 aliphatic heterocycles. The number of amides is 1. The van der Waals surface area contributed by atoms with Crippen molar-refractivity contribution >= 4 is 23.5 Å². The number of para-hydroxylation sites is 1. The fourth-order valence-electron chi connectivity index (χ4n) is 1.44. The first-order valence-electron chi connectivity index (χ1n) is 6.24. The van der Waals surface area contributed by atoms with E-state index in [1.54, 1.807) is 18.2 Å². The minimum atomic E-state index is -1.26. The molecule has 20 heavy (non-hydrogen) atoms.